The molecule has 7 heteroatoms. The van der Waals surface area contributed by atoms with Crippen molar-refractivity contribution in [2.45, 2.75) is 38.3 Å². The standard InChI is InChI=1S/C23H29N5O2/c1-30-19-7-5-17(6-8-19)23(29)28-10-9-20-21(15-28)24-16-25-22(20)27-13-11-26(12-14-27)18-3-2-4-18/h5-8,16,18H,2-4,9-15H2,1H3. The minimum atomic E-state index is 0.0394. The number of hydrogen-bond acceptors (Lipinski definition) is 6. The van der Waals surface area contributed by atoms with E-state index < -0.39 is 0 Å². The van der Waals surface area contributed by atoms with Crippen molar-refractivity contribution in [2.75, 3.05) is 44.7 Å². The number of carbonyl (C=O) groups excluding carboxylic acids is 1. The third kappa shape index (κ3) is 3.62. The number of benzene rings is 1. The smallest absolute Gasteiger partial charge is 0.254 e. The third-order valence-electron chi connectivity index (χ3n) is 6.81. The highest BCUT2D eigenvalue weighted by Gasteiger charge is 2.31. The Kier molecular flexibility index (Phi) is 5.29. The van der Waals surface area contributed by atoms with Crippen molar-refractivity contribution >= 4 is 11.7 Å². The van der Waals surface area contributed by atoms with Crippen molar-refractivity contribution in [3.05, 3.63) is 47.4 Å². The molecule has 3 heterocycles. The third-order valence-corrected chi connectivity index (χ3v) is 6.81. The van der Waals surface area contributed by atoms with Gasteiger partial charge in [0.25, 0.3) is 5.91 Å². The molecule has 0 N–H and O–H groups in total. The van der Waals surface area contributed by atoms with Crippen LogP contribution in [0.5, 0.6) is 5.75 Å². The number of piperazine rings is 1. The fourth-order valence-corrected chi connectivity index (χ4v) is 4.75. The van der Waals surface area contributed by atoms with Crippen molar-refractivity contribution in [1.29, 1.82) is 0 Å². The molecule has 1 saturated carbocycles. The lowest BCUT2D eigenvalue weighted by Gasteiger charge is -2.43. The van der Waals surface area contributed by atoms with E-state index in [1.165, 1.54) is 24.8 Å². The van der Waals surface area contributed by atoms with Crippen LogP contribution in [0.3, 0.4) is 0 Å². The molecule has 0 spiro atoms. The topological polar surface area (TPSA) is 61.8 Å². The van der Waals surface area contributed by atoms with Crippen LogP contribution < -0.4 is 9.64 Å². The number of nitrogens with zero attached hydrogens (tertiary/aromatic N) is 5. The van der Waals surface area contributed by atoms with Crippen LogP contribution in [0, 0.1) is 0 Å². The predicted octanol–water partition coefficient (Wildman–Crippen LogP) is 2.36. The van der Waals surface area contributed by atoms with E-state index in [2.05, 4.69) is 19.8 Å². The van der Waals surface area contributed by atoms with Gasteiger partial charge in [0.2, 0.25) is 0 Å². The number of carbonyl (C=O) groups is 1. The zero-order valence-corrected chi connectivity index (χ0v) is 17.6. The highest BCUT2D eigenvalue weighted by Crippen LogP contribution is 2.29. The SMILES string of the molecule is COc1ccc(C(=O)N2CCc3c(ncnc3N3CCN(C4CCC4)CC3)C2)cc1. The van der Waals surface area contributed by atoms with Crippen LogP contribution in [0.15, 0.2) is 30.6 Å². The summed E-state index contributed by atoms with van der Waals surface area (Å²) in [6.07, 6.45) is 6.57. The van der Waals surface area contributed by atoms with E-state index in [-0.39, 0.29) is 5.91 Å². The molecule has 1 aromatic heterocycles. The Labute approximate surface area is 177 Å². The van der Waals surface area contributed by atoms with Crippen LogP contribution in [0.4, 0.5) is 5.82 Å². The second-order valence-corrected chi connectivity index (χ2v) is 8.44. The minimum absolute atomic E-state index is 0.0394. The Balaban J connectivity index is 1.28. The maximum Gasteiger partial charge on any atom is 0.254 e. The fourth-order valence-electron chi connectivity index (χ4n) is 4.75. The summed E-state index contributed by atoms with van der Waals surface area (Å²) in [4.78, 5) is 29.1. The van der Waals surface area contributed by atoms with Gasteiger partial charge in [-0.2, -0.15) is 0 Å². The van der Waals surface area contributed by atoms with E-state index in [0.29, 0.717) is 18.7 Å². The molecule has 7 nitrogen and oxygen atoms in total. The first-order valence-corrected chi connectivity index (χ1v) is 11.0. The zero-order valence-electron chi connectivity index (χ0n) is 17.6. The average Bonchev–Trinajstić information content (AvgIpc) is 2.77. The first-order chi connectivity index (χ1) is 14.7. The molecule has 158 valence electrons. The van der Waals surface area contributed by atoms with Crippen LogP contribution in [0.25, 0.3) is 0 Å². The molecular weight excluding hydrogens is 378 g/mol. The molecule has 1 saturated heterocycles. The van der Waals surface area contributed by atoms with Crippen molar-refractivity contribution in [1.82, 2.24) is 19.8 Å². The molecule has 2 aromatic rings. The van der Waals surface area contributed by atoms with Gasteiger partial charge in [-0.15, -0.1) is 0 Å². The van der Waals surface area contributed by atoms with Crippen molar-refractivity contribution in [3.63, 3.8) is 0 Å². The summed E-state index contributed by atoms with van der Waals surface area (Å²) in [7, 11) is 1.63. The first-order valence-electron chi connectivity index (χ1n) is 11.0. The van der Waals surface area contributed by atoms with Gasteiger partial charge in [0.05, 0.1) is 19.3 Å². The van der Waals surface area contributed by atoms with Gasteiger partial charge in [-0.1, -0.05) is 6.42 Å². The minimum Gasteiger partial charge on any atom is -0.497 e. The summed E-state index contributed by atoms with van der Waals surface area (Å²) in [5.41, 5.74) is 2.88. The second kappa shape index (κ2) is 8.22. The normalized spacial score (nSPS) is 19.9. The lowest BCUT2D eigenvalue weighted by molar-refractivity contribution is 0.0731. The maximum atomic E-state index is 13.0. The molecule has 1 aromatic carbocycles. The number of ether oxygens (including phenoxy) is 1. The van der Waals surface area contributed by atoms with Crippen molar-refractivity contribution < 1.29 is 9.53 Å². The lowest BCUT2D eigenvalue weighted by Crippen LogP contribution is -2.52. The van der Waals surface area contributed by atoms with Crippen molar-refractivity contribution in [2.24, 2.45) is 0 Å². The Morgan fingerprint density at radius 2 is 1.80 bits per heavy atom. The van der Waals surface area contributed by atoms with Crippen LogP contribution in [0.2, 0.25) is 0 Å². The zero-order chi connectivity index (χ0) is 20.5. The van der Waals surface area contributed by atoms with E-state index in [9.17, 15) is 4.79 Å². The van der Waals surface area contributed by atoms with E-state index in [1.807, 2.05) is 29.2 Å². The van der Waals surface area contributed by atoms with Gasteiger partial charge >= 0.3 is 0 Å². The average molecular weight is 408 g/mol. The summed E-state index contributed by atoms with van der Waals surface area (Å²) < 4.78 is 5.19. The molecule has 1 aliphatic carbocycles. The number of anilines is 1. The number of amides is 1. The number of methoxy groups -OCH3 is 1. The van der Waals surface area contributed by atoms with Gasteiger partial charge in [0, 0.05) is 49.9 Å². The maximum absolute atomic E-state index is 13.0. The quantitative estimate of drug-likeness (QED) is 0.775. The van der Waals surface area contributed by atoms with Gasteiger partial charge in [0.15, 0.2) is 0 Å². The van der Waals surface area contributed by atoms with Gasteiger partial charge < -0.3 is 14.5 Å². The van der Waals surface area contributed by atoms with Gasteiger partial charge in [-0.3, -0.25) is 9.69 Å². The highest BCUT2D eigenvalue weighted by molar-refractivity contribution is 5.94. The van der Waals surface area contributed by atoms with Gasteiger partial charge in [0.1, 0.15) is 17.9 Å². The highest BCUT2D eigenvalue weighted by atomic mass is 16.5. The monoisotopic (exact) mass is 407 g/mol. The molecule has 2 aliphatic heterocycles. The molecule has 2 fully saturated rings. The van der Waals surface area contributed by atoms with Crippen LogP contribution >= 0.6 is 0 Å². The predicted molar refractivity (Wildman–Crippen MR) is 115 cm³/mol. The molecule has 5 rings (SSSR count). The molecular formula is C23H29N5O2. The number of hydrogen-bond donors (Lipinski definition) is 0. The number of rotatable bonds is 4. The summed E-state index contributed by atoms with van der Waals surface area (Å²) in [5.74, 6) is 1.87. The van der Waals surface area contributed by atoms with Crippen LogP contribution in [-0.4, -0.2) is 71.6 Å². The Bertz CT molecular complexity index is 904. The van der Waals surface area contributed by atoms with Gasteiger partial charge in [-0.25, -0.2) is 9.97 Å². The fraction of sp³-hybridized carbons (Fsp3) is 0.522. The summed E-state index contributed by atoms with van der Waals surface area (Å²) in [6.45, 7) is 5.51. The molecule has 3 aliphatic rings. The first kappa shape index (κ1) is 19.3. The Morgan fingerprint density at radius 3 is 2.47 bits per heavy atom. The molecule has 0 bridgehead atoms. The van der Waals surface area contributed by atoms with E-state index in [0.717, 1.165) is 55.9 Å². The molecule has 0 unspecified atom stereocenters. The summed E-state index contributed by atoms with van der Waals surface area (Å²) in [5, 5.41) is 0. The van der Waals surface area contributed by atoms with E-state index >= 15 is 0 Å². The van der Waals surface area contributed by atoms with Crippen molar-refractivity contribution in [3.8, 4) is 5.75 Å². The Hall–Kier alpha value is -2.67. The van der Waals surface area contributed by atoms with Crippen LogP contribution in [0.1, 0.15) is 40.9 Å². The summed E-state index contributed by atoms with van der Waals surface area (Å²) in [6, 6.07) is 8.11. The van der Waals surface area contributed by atoms with E-state index in [1.54, 1.807) is 13.4 Å². The number of fused-ring (bicyclic) bond motifs is 1. The largest absolute Gasteiger partial charge is 0.497 e. The molecule has 30 heavy (non-hydrogen) atoms. The Morgan fingerprint density at radius 1 is 1.03 bits per heavy atom. The molecule has 0 atom stereocenters. The molecule has 1 amide bonds. The molecule has 0 radical (unpaired) electrons. The second-order valence-electron chi connectivity index (χ2n) is 8.44. The summed E-state index contributed by atoms with van der Waals surface area (Å²) >= 11 is 0. The van der Waals surface area contributed by atoms with Crippen LogP contribution in [-0.2, 0) is 13.0 Å². The van der Waals surface area contributed by atoms with Gasteiger partial charge in [-0.05, 0) is 43.5 Å². The van der Waals surface area contributed by atoms with E-state index in [4.69, 9.17) is 4.74 Å². The number of aromatic nitrogens is 2. The lowest BCUT2D eigenvalue weighted by atomic mass is 9.91.